The van der Waals surface area contributed by atoms with Gasteiger partial charge in [-0.15, -0.1) is 11.8 Å². The second-order valence-electron chi connectivity index (χ2n) is 8.49. The molecular weight excluding hydrogens is 430 g/mol. The first kappa shape index (κ1) is 21.3. The van der Waals surface area contributed by atoms with Crippen LogP contribution in [0.25, 0.3) is 0 Å². The number of nitrogens with zero attached hydrogens (tertiary/aromatic N) is 3. The Morgan fingerprint density at radius 3 is 2.70 bits per heavy atom. The monoisotopic (exact) mass is 453 g/mol. The Morgan fingerprint density at radius 2 is 1.91 bits per heavy atom. The number of hydrogen-bond acceptors (Lipinski definition) is 4. The van der Waals surface area contributed by atoms with Crippen LogP contribution in [0.4, 0.5) is 5.69 Å². The number of anilines is 1. The van der Waals surface area contributed by atoms with Crippen LogP contribution in [-0.2, 0) is 16.2 Å². The molecule has 5 nitrogen and oxygen atoms in total. The molecule has 0 aliphatic carbocycles. The minimum atomic E-state index is -1.08. The van der Waals surface area contributed by atoms with Crippen LogP contribution in [0.2, 0.25) is 0 Å². The van der Waals surface area contributed by atoms with Gasteiger partial charge in [-0.25, -0.2) is 0 Å². The summed E-state index contributed by atoms with van der Waals surface area (Å²) in [6.07, 6.45) is 0. The Bertz CT molecular complexity index is 1330. The van der Waals surface area contributed by atoms with E-state index in [0.717, 1.165) is 27.9 Å². The number of carbonyl (C=O) groups excluding carboxylic acids is 2. The Hall–Kier alpha value is -3.56. The van der Waals surface area contributed by atoms with Gasteiger partial charge < -0.3 is 9.80 Å². The Morgan fingerprint density at radius 1 is 1.09 bits per heavy atom. The Kier molecular flexibility index (Phi) is 5.22. The van der Waals surface area contributed by atoms with E-state index in [4.69, 9.17) is 0 Å². The number of rotatable bonds is 3. The van der Waals surface area contributed by atoms with E-state index in [1.807, 2.05) is 74.5 Å². The lowest BCUT2D eigenvalue weighted by Gasteiger charge is -2.33. The van der Waals surface area contributed by atoms with Crippen LogP contribution in [0, 0.1) is 25.2 Å². The summed E-state index contributed by atoms with van der Waals surface area (Å²) in [5.41, 5.74) is 5.70. The molecule has 2 aliphatic heterocycles. The van der Waals surface area contributed by atoms with Crippen molar-refractivity contribution in [2.24, 2.45) is 0 Å². The molecule has 2 aliphatic rings. The second kappa shape index (κ2) is 8.09. The van der Waals surface area contributed by atoms with E-state index in [1.54, 1.807) is 15.9 Å². The lowest BCUT2D eigenvalue weighted by molar-refractivity contribution is -0.123. The first-order valence-electron chi connectivity index (χ1n) is 10.9. The van der Waals surface area contributed by atoms with Crippen molar-refractivity contribution in [2.45, 2.75) is 25.3 Å². The number of fused-ring (bicyclic) bond motifs is 2. The molecule has 1 saturated heterocycles. The normalized spacial score (nSPS) is 19.1. The summed E-state index contributed by atoms with van der Waals surface area (Å²) in [7, 11) is 0. The van der Waals surface area contributed by atoms with Gasteiger partial charge in [0.1, 0.15) is 0 Å². The quantitative estimate of drug-likeness (QED) is 0.573. The summed E-state index contributed by atoms with van der Waals surface area (Å²) in [4.78, 5) is 30.3. The molecule has 2 heterocycles. The first-order valence-corrected chi connectivity index (χ1v) is 11.9. The highest BCUT2D eigenvalue weighted by Gasteiger charge is 2.59. The molecule has 1 spiro atoms. The van der Waals surface area contributed by atoms with E-state index in [1.165, 1.54) is 11.8 Å². The largest absolute Gasteiger partial charge is 0.311 e. The van der Waals surface area contributed by atoms with Crippen molar-refractivity contribution in [3.05, 3.63) is 100 Å². The number of carbonyl (C=O) groups is 2. The predicted molar refractivity (Wildman–Crippen MR) is 130 cm³/mol. The Balaban J connectivity index is 1.61. The number of aryl methyl sites for hydroxylation is 2. The molecule has 0 unspecified atom stereocenters. The molecule has 0 N–H and O–H groups in total. The highest BCUT2D eigenvalue weighted by Crippen LogP contribution is 2.55. The van der Waals surface area contributed by atoms with E-state index in [-0.39, 0.29) is 11.8 Å². The number of nitriles is 1. The van der Waals surface area contributed by atoms with Crippen molar-refractivity contribution in [1.82, 2.24) is 4.90 Å². The molecule has 0 aromatic heterocycles. The van der Waals surface area contributed by atoms with Gasteiger partial charge in [0.05, 0.1) is 23.9 Å². The van der Waals surface area contributed by atoms with Crippen molar-refractivity contribution in [1.29, 1.82) is 5.26 Å². The summed E-state index contributed by atoms with van der Waals surface area (Å²) >= 11 is 1.53. The predicted octanol–water partition coefficient (Wildman–Crippen LogP) is 4.76. The molecule has 3 aromatic rings. The lowest BCUT2D eigenvalue weighted by atomic mass is 10.0. The lowest BCUT2D eigenvalue weighted by Crippen LogP contribution is -2.50. The van der Waals surface area contributed by atoms with E-state index >= 15 is 0 Å². The van der Waals surface area contributed by atoms with Gasteiger partial charge in [-0.2, -0.15) is 5.26 Å². The fourth-order valence-corrected chi connectivity index (χ4v) is 6.22. The minimum Gasteiger partial charge on any atom is -0.311 e. The van der Waals surface area contributed by atoms with Gasteiger partial charge >= 0.3 is 0 Å². The Labute approximate surface area is 197 Å². The maximum atomic E-state index is 14.1. The van der Waals surface area contributed by atoms with Gasteiger partial charge in [0.15, 0.2) is 4.87 Å². The van der Waals surface area contributed by atoms with Crippen LogP contribution in [0.5, 0.6) is 0 Å². The standard InChI is InChI=1S/C27H23N3O2S/c1-18-10-11-24-23(14-18)27(26(32)29(24)17-21-8-5-7-20(15-21)16-28)30(12-13-33-27)25(31)22-9-4-3-6-19(22)2/h3-11,14-15H,12-13,17H2,1-2H3/t27-/m0/s1. The molecule has 1 atom stereocenters. The van der Waals surface area contributed by atoms with Gasteiger partial charge in [0.2, 0.25) is 0 Å². The maximum Gasteiger partial charge on any atom is 0.268 e. The fourth-order valence-electron chi connectivity index (χ4n) is 4.77. The van der Waals surface area contributed by atoms with Gasteiger partial charge in [-0.05, 0) is 49.2 Å². The van der Waals surface area contributed by atoms with Crippen LogP contribution >= 0.6 is 11.8 Å². The van der Waals surface area contributed by atoms with E-state index in [2.05, 4.69) is 6.07 Å². The zero-order chi connectivity index (χ0) is 23.2. The van der Waals surface area contributed by atoms with E-state index in [0.29, 0.717) is 30.0 Å². The highest BCUT2D eigenvalue weighted by atomic mass is 32.2. The number of hydrogen-bond donors (Lipinski definition) is 0. The first-order chi connectivity index (χ1) is 16.0. The van der Waals surface area contributed by atoms with Crippen molar-refractivity contribution in [2.75, 3.05) is 17.2 Å². The summed E-state index contributed by atoms with van der Waals surface area (Å²) in [5, 5.41) is 9.28. The average molecular weight is 454 g/mol. The zero-order valence-electron chi connectivity index (χ0n) is 18.5. The number of benzene rings is 3. The van der Waals surface area contributed by atoms with Crippen molar-refractivity contribution in [3.63, 3.8) is 0 Å². The average Bonchev–Trinajstić information content (AvgIpc) is 3.36. The minimum absolute atomic E-state index is 0.102. The molecule has 2 amide bonds. The zero-order valence-corrected chi connectivity index (χ0v) is 19.4. The summed E-state index contributed by atoms with van der Waals surface area (Å²) in [6, 6.07) is 23.0. The number of thioether (sulfide) groups is 1. The summed E-state index contributed by atoms with van der Waals surface area (Å²) < 4.78 is 0. The topological polar surface area (TPSA) is 64.4 Å². The van der Waals surface area contributed by atoms with E-state index < -0.39 is 4.87 Å². The van der Waals surface area contributed by atoms with Crippen LogP contribution in [0.3, 0.4) is 0 Å². The van der Waals surface area contributed by atoms with Crippen LogP contribution in [-0.4, -0.2) is 29.0 Å². The molecule has 6 heteroatoms. The van der Waals surface area contributed by atoms with E-state index in [9.17, 15) is 14.9 Å². The number of amides is 2. The SMILES string of the molecule is Cc1ccc2c(c1)[C@]1(SCCN1C(=O)c1ccccc1C)C(=O)N2Cc1cccc(C#N)c1. The molecule has 33 heavy (non-hydrogen) atoms. The third-order valence-electron chi connectivity index (χ3n) is 6.37. The molecule has 0 saturated carbocycles. The summed E-state index contributed by atoms with van der Waals surface area (Å²) in [5.74, 6) is 0.469. The van der Waals surface area contributed by atoms with Gasteiger partial charge in [-0.1, -0.05) is 48.0 Å². The fraction of sp³-hybridized carbons (Fsp3) is 0.222. The maximum absolute atomic E-state index is 14.1. The van der Waals surface area contributed by atoms with Gasteiger partial charge in [0.25, 0.3) is 11.8 Å². The van der Waals surface area contributed by atoms with Crippen LogP contribution in [0.1, 0.15) is 38.2 Å². The van der Waals surface area contributed by atoms with Crippen molar-refractivity contribution < 1.29 is 9.59 Å². The van der Waals surface area contributed by atoms with Crippen LogP contribution in [0.15, 0.2) is 66.7 Å². The van der Waals surface area contributed by atoms with Gasteiger partial charge in [-0.3, -0.25) is 9.59 Å². The molecule has 0 bridgehead atoms. The van der Waals surface area contributed by atoms with Gasteiger partial charge in [0, 0.05) is 23.4 Å². The molecular formula is C27H23N3O2S. The molecule has 164 valence electrons. The molecule has 0 radical (unpaired) electrons. The third-order valence-corrected chi connectivity index (χ3v) is 7.79. The van der Waals surface area contributed by atoms with Crippen molar-refractivity contribution >= 4 is 29.3 Å². The van der Waals surface area contributed by atoms with Crippen LogP contribution < -0.4 is 4.90 Å². The third kappa shape index (κ3) is 3.32. The highest BCUT2D eigenvalue weighted by molar-refractivity contribution is 8.01. The smallest absolute Gasteiger partial charge is 0.268 e. The molecule has 3 aromatic carbocycles. The van der Waals surface area contributed by atoms with Crippen molar-refractivity contribution in [3.8, 4) is 6.07 Å². The second-order valence-corrected chi connectivity index (χ2v) is 9.78. The summed E-state index contributed by atoms with van der Waals surface area (Å²) in [6.45, 7) is 4.78. The molecule has 1 fully saturated rings. The molecule has 5 rings (SSSR count).